The van der Waals surface area contributed by atoms with Crippen LogP contribution in [0.4, 0.5) is 0 Å². The number of carbonyl (C=O) groups is 2. The molecule has 1 aliphatic heterocycles. The molecule has 5 nitrogen and oxygen atoms in total. The van der Waals surface area contributed by atoms with Gasteiger partial charge in [0.05, 0.1) is 12.9 Å². The van der Waals surface area contributed by atoms with Gasteiger partial charge in [0.15, 0.2) is 0 Å². The Morgan fingerprint density at radius 2 is 2.31 bits per heavy atom. The fourth-order valence-electron chi connectivity index (χ4n) is 0.655. The Morgan fingerprint density at radius 3 is 2.56 bits per heavy atom. The van der Waals surface area contributed by atoms with E-state index in [0.717, 1.165) is 12.8 Å². The highest BCUT2D eigenvalue weighted by Gasteiger charge is 2.13. The van der Waals surface area contributed by atoms with Gasteiger partial charge in [-0.1, -0.05) is 19.9 Å². The standard InChI is InChI=1S/C7H12O2.C4H4O3/c1-3-5-6-9-7(8)4-2;5-4(6)3-1-7-2-3/h4H,2-3,5-6H2,1H3;1H,2H2,(H,5,6). The maximum Gasteiger partial charge on any atom is 0.338 e. The zero-order chi connectivity index (χ0) is 12.4. The van der Waals surface area contributed by atoms with E-state index in [1.165, 1.54) is 12.3 Å². The third-order valence-electron chi connectivity index (χ3n) is 1.65. The molecule has 0 saturated heterocycles. The van der Waals surface area contributed by atoms with Crippen LogP contribution in [0, 0.1) is 0 Å². The minimum absolute atomic E-state index is 0.259. The molecular formula is C11H16O5. The maximum atomic E-state index is 10.3. The summed E-state index contributed by atoms with van der Waals surface area (Å²) >= 11 is 0. The van der Waals surface area contributed by atoms with Crippen molar-refractivity contribution >= 4 is 11.9 Å². The number of unbranched alkanes of at least 4 members (excludes halogenated alkanes) is 1. The second kappa shape index (κ2) is 8.52. The Morgan fingerprint density at radius 1 is 1.69 bits per heavy atom. The Kier molecular flexibility index (Phi) is 7.57. The van der Waals surface area contributed by atoms with Crippen molar-refractivity contribution in [3.63, 3.8) is 0 Å². The number of esters is 1. The first-order valence-corrected chi connectivity index (χ1v) is 4.95. The third kappa shape index (κ3) is 6.64. The SMILES string of the molecule is C=CC(=O)OCCCC.O=C(O)C1=COC1. The Hall–Kier alpha value is -1.78. The number of aliphatic carboxylic acids is 1. The van der Waals surface area contributed by atoms with Gasteiger partial charge in [0.2, 0.25) is 0 Å². The summed E-state index contributed by atoms with van der Waals surface area (Å²) < 4.78 is 9.13. The van der Waals surface area contributed by atoms with Gasteiger partial charge in [0, 0.05) is 6.08 Å². The van der Waals surface area contributed by atoms with Crippen molar-refractivity contribution in [3.8, 4) is 0 Å². The van der Waals surface area contributed by atoms with Crippen LogP contribution in [0.15, 0.2) is 24.5 Å². The lowest BCUT2D eigenvalue weighted by Crippen LogP contribution is -2.13. The number of ether oxygens (including phenoxy) is 2. The number of hydrogen-bond donors (Lipinski definition) is 1. The second-order valence-corrected chi connectivity index (χ2v) is 2.98. The van der Waals surface area contributed by atoms with Crippen LogP contribution in [0.1, 0.15) is 19.8 Å². The summed E-state index contributed by atoms with van der Waals surface area (Å²) in [5, 5.41) is 8.08. The van der Waals surface area contributed by atoms with E-state index >= 15 is 0 Å². The van der Waals surface area contributed by atoms with Crippen LogP contribution >= 0.6 is 0 Å². The van der Waals surface area contributed by atoms with E-state index < -0.39 is 5.97 Å². The van der Waals surface area contributed by atoms with Crippen LogP contribution in [0.2, 0.25) is 0 Å². The van der Waals surface area contributed by atoms with E-state index in [4.69, 9.17) is 5.11 Å². The van der Waals surface area contributed by atoms with Crippen molar-refractivity contribution in [2.45, 2.75) is 19.8 Å². The fourth-order valence-corrected chi connectivity index (χ4v) is 0.655. The first kappa shape index (κ1) is 14.2. The molecule has 1 rings (SSSR count). The normalized spacial score (nSPS) is 11.9. The Labute approximate surface area is 94.4 Å². The molecule has 0 spiro atoms. The largest absolute Gasteiger partial charge is 0.495 e. The molecule has 0 saturated carbocycles. The average Bonchev–Trinajstić information content (AvgIpc) is 2.15. The van der Waals surface area contributed by atoms with Gasteiger partial charge >= 0.3 is 11.9 Å². The average molecular weight is 228 g/mol. The molecule has 1 heterocycles. The highest BCUT2D eigenvalue weighted by atomic mass is 16.5. The molecule has 0 bridgehead atoms. The summed E-state index contributed by atoms with van der Waals surface area (Å²) in [6.07, 6.45) is 4.39. The topological polar surface area (TPSA) is 72.8 Å². The molecule has 0 aromatic rings. The molecule has 0 aliphatic carbocycles. The summed E-state index contributed by atoms with van der Waals surface area (Å²) in [5.41, 5.74) is 0.347. The zero-order valence-corrected chi connectivity index (χ0v) is 9.27. The van der Waals surface area contributed by atoms with E-state index in [1.54, 1.807) is 0 Å². The Bertz CT molecular complexity index is 280. The van der Waals surface area contributed by atoms with Gasteiger partial charge in [-0.2, -0.15) is 0 Å². The lowest BCUT2D eigenvalue weighted by molar-refractivity contribution is -0.138. The summed E-state index contributed by atoms with van der Waals surface area (Å²) in [4.78, 5) is 20.2. The summed E-state index contributed by atoms with van der Waals surface area (Å²) in [6.45, 7) is 6.08. The highest BCUT2D eigenvalue weighted by Crippen LogP contribution is 2.05. The van der Waals surface area contributed by atoms with Crippen molar-refractivity contribution in [2.24, 2.45) is 0 Å². The highest BCUT2D eigenvalue weighted by molar-refractivity contribution is 5.87. The van der Waals surface area contributed by atoms with Crippen molar-refractivity contribution in [3.05, 3.63) is 24.5 Å². The molecule has 5 heteroatoms. The van der Waals surface area contributed by atoms with Crippen molar-refractivity contribution < 1.29 is 24.2 Å². The molecule has 16 heavy (non-hydrogen) atoms. The quantitative estimate of drug-likeness (QED) is 0.438. The van der Waals surface area contributed by atoms with Crippen molar-refractivity contribution in [1.29, 1.82) is 0 Å². The van der Waals surface area contributed by atoms with Gasteiger partial charge in [-0.25, -0.2) is 9.59 Å². The van der Waals surface area contributed by atoms with Crippen LogP contribution in [-0.2, 0) is 19.1 Å². The maximum absolute atomic E-state index is 10.3. The number of rotatable bonds is 5. The minimum atomic E-state index is -0.883. The molecule has 90 valence electrons. The van der Waals surface area contributed by atoms with Crippen molar-refractivity contribution in [1.82, 2.24) is 0 Å². The van der Waals surface area contributed by atoms with Crippen LogP contribution < -0.4 is 0 Å². The lowest BCUT2D eigenvalue weighted by atomic mass is 10.3. The molecule has 0 amide bonds. The first-order valence-electron chi connectivity index (χ1n) is 4.95. The zero-order valence-electron chi connectivity index (χ0n) is 9.27. The van der Waals surface area contributed by atoms with E-state index in [2.05, 4.69) is 16.1 Å². The van der Waals surface area contributed by atoms with E-state index in [-0.39, 0.29) is 12.6 Å². The predicted molar refractivity (Wildman–Crippen MR) is 57.7 cm³/mol. The molecule has 0 radical (unpaired) electrons. The Balaban J connectivity index is 0.000000288. The first-order chi connectivity index (χ1) is 7.61. The van der Waals surface area contributed by atoms with E-state index in [9.17, 15) is 9.59 Å². The van der Waals surface area contributed by atoms with Gasteiger partial charge in [-0.3, -0.25) is 0 Å². The van der Waals surface area contributed by atoms with Gasteiger partial charge in [-0.05, 0) is 6.42 Å². The number of carboxylic acids is 1. The molecule has 0 aromatic carbocycles. The summed E-state index contributed by atoms with van der Waals surface area (Å²) in [5.74, 6) is -1.21. The van der Waals surface area contributed by atoms with Crippen molar-refractivity contribution in [2.75, 3.05) is 13.2 Å². The van der Waals surface area contributed by atoms with E-state index in [1.807, 2.05) is 6.92 Å². The van der Waals surface area contributed by atoms with Gasteiger partial charge in [0.1, 0.15) is 12.2 Å². The van der Waals surface area contributed by atoms with Gasteiger partial charge in [0.25, 0.3) is 0 Å². The molecule has 1 aliphatic rings. The van der Waals surface area contributed by atoms with Gasteiger partial charge in [-0.15, -0.1) is 0 Å². The number of carbonyl (C=O) groups excluding carboxylic acids is 1. The molecule has 0 atom stereocenters. The summed E-state index contributed by atoms with van der Waals surface area (Å²) in [6, 6.07) is 0. The molecule has 0 aromatic heterocycles. The number of carboxylic acid groups (broad SMARTS) is 1. The van der Waals surface area contributed by atoms with Crippen LogP contribution in [-0.4, -0.2) is 30.3 Å². The second-order valence-electron chi connectivity index (χ2n) is 2.98. The van der Waals surface area contributed by atoms with Gasteiger partial charge < -0.3 is 14.6 Å². The lowest BCUT2D eigenvalue weighted by Gasteiger charge is -2.09. The van der Waals surface area contributed by atoms with Crippen LogP contribution in [0.5, 0.6) is 0 Å². The van der Waals surface area contributed by atoms with Crippen LogP contribution in [0.3, 0.4) is 0 Å². The smallest absolute Gasteiger partial charge is 0.338 e. The molecule has 0 unspecified atom stereocenters. The molecule has 1 N–H and O–H groups in total. The molecule has 0 fully saturated rings. The van der Waals surface area contributed by atoms with E-state index in [0.29, 0.717) is 12.2 Å². The van der Waals surface area contributed by atoms with Crippen LogP contribution in [0.25, 0.3) is 0 Å². The predicted octanol–water partition coefficient (Wildman–Crippen LogP) is 1.50. The monoisotopic (exact) mass is 228 g/mol. The number of hydrogen-bond acceptors (Lipinski definition) is 4. The summed E-state index contributed by atoms with van der Waals surface area (Å²) in [7, 11) is 0. The molecular weight excluding hydrogens is 212 g/mol. The third-order valence-corrected chi connectivity index (χ3v) is 1.65. The minimum Gasteiger partial charge on any atom is -0.495 e. The fraction of sp³-hybridized carbons (Fsp3) is 0.455.